The first kappa shape index (κ1) is 27.6. The normalized spacial score (nSPS) is 12.4. The molecule has 4 aromatic rings. The van der Waals surface area contributed by atoms with Crippen LogP contribution in [0.3, 0.4) is 0 Å². The number of hydrogen-bond acceptors (Lipinski definition) is 3. The Hall–Kier alpha value is -4.42. The Morgan fingerprint density at radius 3 is 1.72 bits per heavy atom. The van der Waals surface area contributed by atoms with Crippen LogP contribution in [-0.2, 0) is 4.74 Å². The van der Waals surface area contributed by atoms with E-state index in [-0.39, 0.29) is 30.2 Å². The topological polar surface area (TPSA) is 70.7 Å². The standard InChI is InChI=1S/C33H35N3O3/c1-25(34-33(38)35-30-21-13-6-14-22-30)23-36(32(37)29-19-11-5-12-20-29)24-26(2)39-31(27-15-7-3-8-16-27)28-17-9-4-10-18-28/h3-22,25-26,31H,23-24H2,1-2H3,(H2,34,35,38). The van der Waals surface area contributed by atoms with E-state index in [9.17, 15) is 9.59 Å². The molecule has 4 rings (SSSR count). The van der Waals surface area contributed by atoms with Crippen molar-refractivity contribution in [2.75, 3.05) is 18.4 Å². The number of anilines is 1. The van der Waals surface area contributed by atoms with Crippen molar-refractivity contribution < 1.29 is 14.3 Å². The first-order valence-corrected chi connectivity index (χ1v) is 13.2. The highest BCUT2D eigenvalue weighted by Crippen LogP contribution is 2.27. The van der Waals surface area contributed by atoms with E-state index < -0.39 is 0 Å². The number of carbonyl (C=O) groups is 2. The van der Waals surface area contributed by atoms with Crippen LogP contribution in [0.15, 0.2) is 121 Å². The summed E-state index contributed by atoms with van der Waals surface area (Å²) in [4.78, 5) is 27.9. The van der Waals surface area contributed by atoms with Crippen molar-refractivity contribution in [2.45, 2.75) is 32.1 Å². The van der Waals surface area contributed by atoms with Crippen LogP contribution in [0, 0.1) is 0 Å². The third-order valence-corrected chi connectivity index (χ3v) is 6.26. The molecule has 0 aliphatic rings. The van der Waals surface area contributed by atoms with E-state index in [0.29, 0.717) is 24.3 Å². The zero-order chi connectivity index (χ0) is 27.5. The molecule has 2 atom stereocenters. The fraction of sp³-hybridized carbons (Fsp3) is 0.212. The molecule has 6 nitrogen and oxygen atoms in total. The van der Waals surface area contributed by atoms with Crippen molar-refractivity contribution in [3.05, 3.63) is 138 Å². The Bertz CT molecular complexity index is 1260. The molecule has 0 saturated heterocycles. The summed E-state index contributed by atoms with van der Waals surface area (Å²) in [6, 6.07) is 38.0. The number of hydrogen-bond donors (Lipinski definition) is 2. The van der Waals surface area contributed by atoms with E-state index in [1.165, 1.54) is 0 Å². The number of benzene rings is 4. The summed E-state index contributed by atoms with van der Waals surface area (Å²) < 4.78 is 6.59. The van der Waals surface area contributed by atoms with Crippen molar-refractivity contribution in [3.63, 3.8) is 0 Å². The molecule has 0 fully saturated rings. The molecular formula is C33H35N3O3. The summed E-state index contributed by atoms with van der Waals surface area (Å²) in [6.07, 6.45) is -0.559. The molecule has 6 heteroatoms. The monoisotopic (exact) mass is 521 g/mol. The summed E-state index contributed by atoms with van der Waals surface area (Å²) in [6.45, 7) is 4.55. The van der Waals surface area contributed by atoms with E-state index in [4.69, 9.17) is 4.74 Å². The minimum Gasteiger partial charge on any atom is -0.364 e. The molecule has 0 aliphatic carbocycles. The number of rotatable bonds is 11. The number of urea groups is 1. The van der Waals surface area contributed by atoms with Gasteiger partial charge in [-0.25, -0.2) is 4.79 Å². The van der Waals surface area contributed by atoms with E-state index in [1.807, 2.05) is 98.8 Å². The molecule has 0 heterocycles. The van der Waals surface area contributed by atoms with Gasteiger partial charge in [-0.3, -0.25) is 4.79 Å². The second-order valence-corrected chi connectivity index (χ2v) is 9.59. The third kappa shape index (κ3) is 8.28. The van der Waals surface area contributed by atoms with Crippen molar-refractivity contribution in [1.29, 1.82) is 0 Å². The third-order valence-electron chi connectivity index (χ3n) is 6.26. The summed E-state index contributed by atoms with van der Waals surface area (Å²) in [7, 11) is 0. The Balaban J connectivity index is 1.47. The van der Waals surface area contributed by atoms with Crippen LogP contribution in [0.1, 0.15) is 41.4 Å². The van der Waals surface area contributed by atoms with Crippen LogP contribution < -0.4 is 10.6 Å². The minimum absolute atomic E-state index is 0.112. The van der Waals surface area contributed by atoms with Crippen molar-refractivity contribution in [2.24, 2.45) is 0 Å². The number of nitrogens with zero attached hydrogens (tertiary/aromatic N) is 1. The van der Waals surface area contributed by atoms with Gasteiger partial charge in [-0.2, -0.15) is 0 Å². The molecule has 2 N–H and O–H groups in total. The van der Waals surface area contributed by atoms with Crippen molar-refractivity contribution in [1.82, 2.24) is 10.2 Å². The highest BCUT2D eigenvalue weighted by Gasteiger charge is 2.24. The molecule has 200 valence electrons. The largest absolute Gasteiger partial charge is 0.364 e. The lowest BCUT2D eigenvalue weighted by molar-refractivity contribution is -0.000748. The molecule has 4 aromatic carbocycles. The summed E-state index contributed by atoms with van der Waals surface area (Å²) >= 11 is 0. The lowest BCUT2D eigenvalue weighted by Gasteiger charge is -2.31. The first-order valence-electron chi connectivity index (χ1n) is 13.2. The van der Waals surface area contributed by atoms with Crippen LogP contribution >= 0.6 is 0 Å². The smallest absolute Gasteiger partial charge is 0.319 e. The Morgan fingerprint density at radius 1 is 0.692 bits per heavy atom. The van der Waals surface area contributed by atoms with Gasteiger partial charge in [-0.05, 0) is 49.2 Å². The number of amides is 3. The zero-order valence-corrected chi connectivity index (χ0v) is 22.4. The van der Waals surface area contributed by atoms with Gasteiger partial charge in [-0.15, -0.1) is 0 Å². The van der Waals surface area contributed by atoms with Crippen LogP contribution in [0.25, 0.3) is 0 Å². The van der Waals surface area contributed by atoms with Gasteiger partial charge in [0.25, 0.3) is 5.91 Å². The zero-order valence-electron chi connectivity index (χ0n) is 22.4. The second kappa shape index (κ2) is 13.9. The number of nitrogens with one attached hydrogen (secondary N) is 2. The van der Waals surface area contributed by atoms with E-state index in [2.05, 4.69) is 34.9 Å². The Morgan fingerprint density at radius 2 is 1.18 bits per heavy atom. The highest BCUT2D eigenvalue weighted by molar-refractivity contribution is 5.94. The Labute approximate surface area is 230 Å². The Kier molecular flexibility index (Phi) is 9.86. The molecule has 0 aliphatic heterocycles. The molecule has 0 saturated carbocycles. The van der Waals surface area contributed by atoms with Gasteiger partial charge < -0.3 is 20.3 Å². The van der Waals surface area contributed by atoms with Gasteiger partial charge in [0.05, 0.1) is 6.10 Å². The van der Waals surface area contributed by atoms with Crippen molar-refractivity contribution in [3.8, 4) is 0 Å². The van der Waals surface area contributed by atoms with E-state index in [0.717, 1.165) is 11.1 Å². The number of carbonyl (C=O) groups excluding carboxylic acids is 2. The minimum atomic E-state index is -0.321. The fourth-order valence-corrected chi connectivity index (χ4v) is 4.48. The second-order valence-electron chi connectivity index (χ2n) is 9.59. The van der Waals surface area contributed by atoms with E-state index in [1.54, 1.807) is 17.0 Å². The van der Waals surface area contributed by atoms with E-state index >= 15 is 0 Å². The summed E-state index contributed by atoms with van der Waals surface area (Å²) in [5.74, 6) is -0.112. The maximum absolute atomic E-state index is 13.6. The van der Waals surface area contributed by atoms with Gasteiger partial charge in [-0.1, -0.05) is 97.1 Å². The maximum Gasteiger partial charge on any atom is 0.319 e. The highest BCUT2D eigenvalue weighted by atomic mass is 16.5. The van der Waals surface area contributed by atoms with Crippen LogP contribution in [0.5, 0.6) is 0 Å². The SMILES string of the molecule is CC(CN(CC(C)OC(c1ccccc1)c1ccccc1)C(=O)c1ccccc1)NC(=O)Nc1ccccc1. The van der Waals surface area contributed by atoms with Gasteiger partial charge in [0.15, 0.2) is 0 Å². The lowest BCUT2D eigenvalue weighted by atomic mass is 10.0. The summed E-state index contributed by atoms with van der Waals surface area (Å²) in [5, 5.41) is 5.78. The average molecular weight is 522 g/mol. The molecule has 0 aromatic heterocycles. The average Bonchev–Trinajstić information content (AvgIpc) is 2.97. The van der Waals surface area contributed by atoms with Gasteiger partial charge in [0, 0.05) is 30.4 Å². The molecule has 0 radical (unpaired) electrons. The predicted molar refractivity (Wildman–Crippen MR) is 156 cm³/mol. The van der Waals surface area contributed by atoms with Gasteiger partial charge >= 0.3 is 6.03 Å². The molecule has 0 spiro atoms. The molecule has 2 unspecified atom stereocenters. The molecular weight excluding hydrogens is 486 g/mol. The van der Waals surface area contributed by atoms with Crippen molar-refractivity contribution >= 4 is 17.6 Å². The van der Waals surface area contributed by atoms with Crippen LogP contribution in [0.2, 0.25) is 0 Å². The number of para-hydroxylation sites is 1. The molecule has 0 bridgehead atoms. The molecule has 3 amide bonds. The van der Waals surface area contributed by atoms with Crippen LogP contribution in [-0.4, -0.2) is 42.1 Å². The maximum atomic E-state index is 13.6. The number of ether oxygens (including phenoxy) is 1. The quantitative estimate of drug-likeness (QED) is 0.236. The lowest BCUT2D eigenvalue weighted by Crippen LogP contribution is -2.47. The van der Waals surface area contributed by atoms with Gasteiger partial charge in [0.1, 0.15) is 6.10 Å². The predicted octanol–water partition coefficient (Wildman–Crippen LogP) is 6.53. The van der Waals surface area contributed by atoms with Gasteiger partial charge in [0.2, 0.25) is 0 Å². The first-order chi connectivity index (χ1) is 19.0. The van der Waals surface area contributed by atoms with Crippen LogP contribution in [0.4, 0.5) is 10.5 Å². The fourth-order valence-electron chi connectivity index (χ4n) is 4.48. The molecule has 39 heavy (non-hydrogen) atoms. The summed E-state index contributed by atoms with van der Waals surface area (Å²) in [5.41, 5.74) is 3.39.